The number of rotatable bonds is 6. The number of aliphatic hydroxyl groups is 1. The Morgan fingerprint density at radius 2 is 2.37 bits per heavy atom. The molecule has 1 fully saturated rings. The Bertz CT molecular complexity index is 435. The fourth-order valence-electron chi connectivity index (χ4n) is 1.74. The fraction of sp³-hybridized carbons (Fsp3) is 0.700. The minimum absolute atomic E-state index is 0.0148. The molecule has 106 valence electrons. The van der Waals surface area contributed by atoms with Crippen LogP contribution in [0.5, 0.6) is 0 Å². The Kier molecular flexibility index (Phi) is 4.38. The molecule has 7 nitrogen and oxygen atoms in total. The molecule has 1 amide bonds. The van der Waals surface area contributed by atoms with Crippen LogP contribution in [0.4, 0.5) is 8.78 Å². The number of carbonyl (C=O) groups excluding carboxylic acids is 1. The summed E-state index contributed by atoms with van der Waals surface area (Å²) in [4.78, 5) is 12.8. The Morgan fingerprint density at radius 1 is 1.63 bits per heavy atom. The van der Waals surface area contributed by atoms with Gasteiger partial charge in [0.15, 0.2) is 5.69 Å². The third kappa shape index (κ3) is 3.24. The Morgan fingerprint density at radius 3 is 2.89 bits per heavy atom. The van der Waals surface area contributed by atoms with Crippen LogP contribution in [0.25, 0.3) is 0 Å². The highest BCUT2D eigenvalue weighted by molar-refractivity contribution is 5.91. The first-order chi connectivity index (χ1) is 9.11. The monoisotopic (exact) mass is 275 g/mol. The summed E-state index contributed by atoms with van der Waals surface area (Å²) >= 11 is 0. The van der Waals surface area contributed by atoms with E-state index < -0.39 is 18.9 Å². The number of halogens is 2. The number of aromatic nitrogens is 3. The van der Waals surface area contributed by atoms with Crippen LogP contribution in [0.3, 0.4) is 0 Å². The topological polar surface area (TPSA) is 83.3 Å². The van der Waals surface area contributed by atoms with Gasteiger partial charge in [-0.05, 0) is 0 Å². The number of nitrogens with zero attached hydrogens (tertiary/aromatic N) is 4. The van der Waals surface area contributed by atoms with Gasteiger partial charge in [-0.25, -0.2) is 13.5 Å². The van der Waals surface area contributed by atoms with Crippen LogP contribution in [0.1, 0.15) is 16.5 Å². The Balaban J connectivity index is 2.04. The van der Waals surface area contributed by atoms with Gasteiger partial charge < -0.3 is 15.3 Å². The third-order valence-electron chi connectivity index (χ3n) is 2.88. The highest BCUT2D eigenvalue weighted by Crippen LogP contribution is 2.11. The number of aliphatic hydroxyl groups excluding tert-OH is 1. The summed E-state index contributed by atoms with van der Waals surface area (Å²) in [6.45, 7) is 0.236. The second-order valence-electron chi connectivity index (χ2n) is 4.26. The van der Waals surface area contributed by atoms with Gasteiger partial charge in [-0.1, -0.05) is 5.21 Å². The zero-order valence-corrected chi connectivity index (χ0v) is 10.2. The van der Waals surface area contributed by atoms with Crippen LogP contribution in [0.2, 0.25) is 0 Å². The molecule has 0 atom stereocenters. The summed E-state index contributed by atoms with van der Waals surface area (Å²) in [5, 5.41) is 19.4. The van der Waals surface area contributed by atoms with E-state index in [1.807, 2.05) is 0 Å². The van der Waals surface area contributed by atoms with Gasteiger partial charge in [-0.2, -0.15) is 0 Å². The zero-order valence-electron chi connectivity index (χ0n) is 10.2. The molecule has 0 aromatic carbocycles. The summed E-state index contributed by atoms with van der Waals surface area (Å²) in [7, 11) is 0. The van der Waals surface area contributed by atoms with Crippen LogP contribution in [-0.2, 0) is 0 Å². The normalized spacial score (nSPS) is 15.6. The summed E-state index contributed by atoms with van der Waals surface area (Å²) in [6.07, 6.45) is -1.20. The van der Waals surface area contributed by atoms with Crippen molar-refractivity contribution < 1.29 is 18.7 Å². The predicted molar refractivity (Wildman–Crippen MR) is 60.9 cm³/mol. The number of nitrogens with one attached hydrogen (secondary N) is 1. The first-order valence-electron chi connectivity index (χ1n) is 5.92. The van der Waals surface area contributed by atoms with Crippen molar-refractivity contribution in [3.63, 3.8) is 0 Å². The van der Waals surface area contributed by atoms with Crippen molar-refractivity contribution >= 4 is 5.91 Å². The molecule has 1 saturated heterocycles. The third-order valence-corrected chi connectivity index (χ3v) is 2.88. The van der Waals surface area contributed by atoms with Crippen molar-refractivity contribution in [2.24, 2.45) is 0 Å². The summed E-state index contributed by atoms with van der Waals surface area (Å²) in [5.74, 6) is -0.645. The van der Waals surface area contributed by atoms with Crippen LogP contribution in [-0.4, -0.2) is 70.1 Å². The largest absolute Gasteiger partial charge is 0.395 e. The minimum Gasteiger partial charge on any atom is -0.395 e. The van der Waals surface area contributed by atoms with Gasteiger partial charge in [0.2, 0.25) is 0 Å². The van der Waals surface area contributed by atoms with Gasteiger partial charge in [0, 0.05) is 19.6 Å². The molecule has 1 aliphatic rings. The van der Waals surface area contributed by atoms with Crippen molar-refractivity contribution in [2.45, 2.75) is 12.5 Å². The van der Waals surface area contributed by atoms with Crippen LogP contribution in [0.15, 0.2) is 6.20 Å². The maximum absolute atomic E-state index is 12.4. The van der Waals surface area contributed by atoms with Gasteiger partial charge in [0.25, 0.3) is 12.3 Å². The Hall–Kier alpha value is -1.61. The van der Waals surface area contributed by atoms with E-state index in [2.05, 4.69) is 15.6 Å². The second-order valence-corrected chi connectivity index (χ2v) is 4.26. The SMILES string of the molecule is O=C(c1cn(C2CNC2)nn1)N(CCO)CC(F)F. The van der Waals surface area contributed by atoms with E-state index in [0.717, 1.165) is 18.0 Å². The van der Waals surface area contributed by atoms with Crippen molar-refractivity contribution in [2.75, 3.05) is 32.8 Å². The van der Waals surface area contributed by atoms with Crippen molar-refractivity contribution in [3.8, 4) is 0 Å². The molecule has 0 unspecified atom stereocenters. The van der Waals surface area contributed by atoms with E-state index in [-0.39, 0.29) is 24.9 Å². The lowest BCUT2D eigenvalue weighted by Crippen LogP contribution is -2.43. The number of alkyl halides is 2. The molecule has 0 spiro atoms. The first-order valence-corrected chi connectivity index (χ1v) is 5.92. The minimum atomic E-state index is -2.65. The molecule has 2 heterocycles. The predicted octanol–water partition coefficient (Wildman–Crippen LogP) is -0.878. The van der Waals surface area contributed by atoms with Gasteiger partial charge in [-0.3, -0.25) is 4.79 Å². The molecule has 0 radical (unpaired) electrons. The standard InChI is InChI=1S/C10H15F2N5O2/c11-9(12)6-16(1-2-18)10(19)8-5-17(15-14-8)7-3-13-4-7/h5,7,9,13,18H,1-4,6H2. The first kappa shape index (κ1) is 13.8. The fourth-order valence-corrected chi connectivity index (χ4v) is 1.74. The molecule has 9 heteroatoms. The summed E-state index contributed by atoms with van der Waals surface area (Å²) in [5.41, 5.74) is 0.0148. The molecule has 0 saturated carbocycles. The van der Waals surface area contributed by atoms with Crippen LogP contribution in [0, 0.1) is 0 Å². The van der Waals surface area contributed by atoms with Crippen LogP contribution >= 0.6 is 0 Å². The van der Waals surface area contributed by atoms with Crippen molar-refractivity contribution in [1.82, 2.24) is 25.2 Å². The highest BCUT2D eigenvalue weighted by Gasteiger charge is 2.25. The lowest BCUT2D eigenvalue weighted by Gasteiger charge is -2.26. The van der Waals surface area contributed by atoms with E-state index in [9.17, 15) is 13.6 Å². The number of carbonyl (C=O) groups is 1. The molecule has 19 heavy (non-hydrogen) atoms. The van der Waals surface area contributed by atoms with Gasteiger partial charge >= 0.3 is 0 Å². The number of hydrogen-bond donors (Lipinski definition) is 2. The van der Waals surface area contributed by atoms with E-state index in [1.54, 1.807) is 4.68 Å². The molecule has 0 aliphatic carbocycles. The number of amides is 1. The van der Waals surface area contributed by atoms with Crippen molar-refractivity contribution in [1.29, 1.82) is 0 Å². The second kappa shape index (κ2) is 6.02. The van der Waals surface area contributed by atoms with E-state index >= 15 is 0 Å². The maximum Gasteiger partial charge on any atom is 0.276 e. The molecule has 2 rings (SSSR count). The molecule has 1 aromatic rings. The number of hydrogen-bond acceptors (Lipinski definition) is 5. The quantitative estimate of drug-likeness (QED) is 0.704. The van der Waals surface area contributed by atoms with Crippen molar-refractivity contribution in [3.05, 3.63) is 11.9 Å². The smallest absolute Gasteiger partial charge is 0.276 e. The summed E-state index contributed by atoms with van der Waals surface area (Å²) in [6, 6.07) is 0.149. The maximum atomic E-state index is 12.4. The lowest BCUT2D eigenvalue weighted by molar-refractivity contribution is 0.0504. The van der Waals surface area contributed by atoms with Crippen LogP contribution < -0.4 is 5.32 Å². The lowest BCUT2D eigenvalue weighted by atomic mass is 10.2. The Labute approximate surface area is 108 Å². The summed E-state index contributed by atoms with van der Waals surface area (Å²) < 4.78 is 26.3. The molecule has 2 N–H and O–H groups in total. The zero-order chi connectivity index (χ0) is 13.8. The average molecular weight is 275 g/mol. The average Bonchev–Trinajstić information content (AvgIpc) is 2.74. The van der Waals surface area contributed by atoms with E-state index in [0.29, 0.717) is 0 Å². The molecular formula is C10H15F2N5O2. The highest BCUT2D eigenvalue weighted by atomic mass is 19.3. The van der Waals surface area contributed by atoms with Gasteiger partial charge in [-0.15, -0.1) is 5.10 Å². The van der Waals surface area contributed by atoms with E-state index in [4.69, 9.17) is 5.11 Å². The van der Waals surface area contributed by atoms with E-state index in [1.165, 1.54) is 6.20 Å². The molecule has 0 bridgehead atoms. The van der Waals surface area contributed by atoms with Gasteiger partial charge in [0.1, 0.15) is 0 Å². The molecule has 1 aromatic heterocycles. The molecule has 1 aliphatic heterocycles. The van der Waals surface area contributed by atoms with Gasteiger partial charge in [0.05, 0.1) is 25.4 Å². The molecular weight excluding hydrogens is 260 g/mol.